The van der Waals surface area contributed by atoms with Gasteiger partial charge in [0, 0.05) is 27.3 Å². The van der Waals surface area contributed by atoms with Gasteiger partial charge in [-0.15, -0.1) is 0 Å². The van der Waals surface area contributed by atoms with Crippen LogP contribution in [0.15, 0.2) is 18.3 Å². The van der Waals surface area contributed by atoms with Crippen molar-refractivity contribution in [3.05, 3.63) is 28.5 Å². The molecule has 0 fully saturated rings. The average Bonchev–Trinajstić information content (AvgIpc) is 1.77. The Morgan fingerprint density at radius 2 is 2.00 bits per heavy atom. The number of halogens is 2. The van der Waals surface area contributed by atoms with Gasteiger partial charge in [-0.3, -0.25) is 0 Å². The molecule has 1 aromatic rings. The van der Waals surface area contributed by atoms with E-state index in [0.29, 0.717) is 10.2 Å². The summed E-state index contributed by atoms with van der Waals surface area (Å²) in [6.07, 6.45) is 1.59. The van der Waals surface area contributed by atoms with Crippen molar-refractivity contribution >= 4 is 23.2 Å². The number of pyridine rings is 1. The monoisotopic (exact) mass is 342 g/mol. The van der Waals surface area contributed by atoms with Gasteiger partial charge in [0.05, 0.1) is 5.02 Å². The Morgan fingerprint density at radius 3 is 2.33 bits per heavy atom. The first kappa shape index (κ1) is 9.42. The van der Waals surface area contributed by atoms with Crippen LogP contribution in [0.1, 0.15) is 0 Å². The second kappa shape index (κ2) is 4.27. The van der Waals surface area contributed by atoms with Gasteiger partial charge in [-0.25, -0.2) is 4.98 Å². The third-order valence-electron chi connectivity index (χ3n) is 0.714. The maximum atomic E-state index is 5.51. The van der Waals surface area contributed by atoms with Gasteiger partial charge in [-0.1, -0.05) is 23.2 Å². The molecule has 0 saturated heterocycles. The molecule has 0 N–H and O–H groups in total. The smallest absolute Gasteiger partial charge is 0.147 e. The SMILES string of the molecule is Clc1cccnc1Cl.[Pt]. The Kier molecular flexibility index (Phi) is 4.47. The molecule has 0 bridgehead atoms. The van der Waals surface area contributed by atoms with Crippen LogP contribution in [0.5, 0.6) is 0 Å². The Hall–Kier alpha value is 0.418. The van der Waals surface area contributed by atoms with Crippen molar-refractivity contribution in [3.63, 3.8) is 0 Å². The Balaban J connectivity index is 0.000000640. The van der Waals surface area contributed by atoms with Crippen LogP contribution in [0.3, 0.4) is 0 Å². The molecule has 1 nitrogen and oxygen atoms in total. The number of hydrogen-bond acceptors (Lipinski definition) is 1. The Morgan fingerprint density at radius 1 is 1.33 bits per heavy atom. The van der Waals surface area contributed by atoms with Crippen LogP contribution >= 0.6 is 23.2 Å². The summed E-state index contributed by atoms with van der Waals surface area (Å²) in [5, 5.41) is 0.850. The molecule has 0 unspecified atom stereocenters. The molecule has 0 aliphatic rings. The zero-order valence-electron chi connectivity index (χ0n) is 4.25. The fraction of sp³-hybridized carbons (Fsp3) is 0. The van der Waals surface area contributed by atoms with Gasteiger partial charge in [0.15, 0.2) is 0 Å². The van der Waals surface area contributed by atoms with Crippen LogP contribution in [0.2, 0.25) is 10.2 Å². The van der Waals surface area contributed by atoms with Crippen molar-refractivity contribution < 1.29 is 21.1 Å². The molecule has 0 spiro atoms. The van der Waals surface area contributed by atoms with Crippen LogP contribution in [0.25, 0.3) is 0 Å². The fourth-order valence-corrected chi connectivity index (χ4v) is 0.607. The zero-order valence-corrected chi connectivity index (χ0v) is 8.04. The summed E-state index contributed by atoms with van der Waals surface area (Å²) in [6, 6.07) is 3.42. The van der Waals surface area contributed by atoms with E-state index in [2.05, 4.69) is 4.98 Å². The normalized spacial score (nSPS) is 8.22. The van der Waals surface area contributed by atoms with Crippen LogP contribution in [-0.4, -0.2) is 4.98 Å². The van der Waals surface area contributed by atoms with E-state index in [1.165, 1.54) is 0 Å². The molecule has 0 saturated carbocycles. The molecule has 0 aromatic carbocycles. The molecule has 9 heavy (non-hydrogen) atoms. The van der Waals surface area contributed by atoms with Crippen molar-refractivity contribution in [3.8, 4) is 0 Å². The van der Waals surface area contributed by atoms with Gasteiger partial charge in [0.25, 0.3) is 0 Å². The number of nitrogens with zero attached hydrogens (tertiary/aromatic N) is 1. The van der Waals surface area contributed by atoms with Gasteiger partial charge in [0.2, 0.25) is 0 Å². The molecule has 52 valence electrons. The Bertz CT molecular complexity index is 171. The molecule has 0 amide bonds. The summed E-state index contributed by atoms with van der Waals surface area (Å²) in [6.45, 7) is 0. The minimum Gasteiger partial charge on any atom is -0.243 e. The zero-order chi connectivity index (χ0) is 5.98. The van der Waals surface area contributed by atoms with E-state index in [0.717, 1.165) is 0 Å². The minimum atomic E-state index is 0. The first-order chi connectivity index (χ1) is 3.80. The molecular weight excluding hydrogens is 340 g/mol. The minimum absolute atomic E-state index is 0. The van der Waals surface area contributed by atoms with Gasteiger partial charge >= 0.3 is 0 Å². The molecular formula is C5H3Cl2NPt. The predicted octanol–water partition coefficient (Wildman–Crippen LogP) is 2.39. The number of rotatable bonds is 0. The summed E-state index contributed by atoms with van der Waals surface area (Å²) in [5.41, 5.74) is 0. The standard InChI is InChI=1S/C5H3Cl2N.Pt/c6-4-2-1-3-8-5(4)7;/h1-3H;. The van der Waals surface area contributed by atoms with Crippen molar-refractivity contribution in [1.29, 1.82) is 0 Å². The van der Waals surface area contributed by atoms with Crippen LogP contribution < -0.4 is 0 Å². The molecule has 1 rings (SSSR count). The first-order valence-corrected chi connectivity index (χ1v) is 2.82. The third kappa shape index (κ3) is 2.66. The summed E-state index contributed by atoms with van der Waals surface area (Å²) in [4.78, 5) is 3.71. The number of hydrogen-bond donors (Lipinski definition) is 0. The van der Waals surface area contributed by atoms with Gasteiger partial charge in [0.1, 0.15) is 5.15 Å². The van der Waals surface area contributed by atoms with E-state index in [4.69, 9.17) is 23.2 Å². The van der Waals surface area contributed by atoms with E-state index in [1.54, 1.807) is 18.3 Å². The fourth-order valence-electron chi connectivity index (χ4n) is 0.366. The topological polar surface area (TPSA) is 12.9 Å². The van der Waals surface area contributed by atoms with Crippen molar-refractivity contribution in [1.82, 2.24) is 4.98 Å². The second-order valence-electron chi connectivity index (χ2n) is 1.28. The quantitative estimate of drug-likeness (QED) is 0.660. The number of aromatic nitrogens is 1. The molecule has 0 aliphatic carbocycles. The molecule has 0 radical (unpaired) electrons. The van der Waals surface area contributed by atoms with E-state index in [-0.39, 0.29) is 21.1 Å². The molecule has 0 aliphatic heterocycles. The maximum absolute atomic E-state index is 5.51. The van der Waals surface area contributed by atoms with E-state index >= 15 is 0 Å². The van der Waals surface area contributed by atoms with E-state index < -0.39 is 0 Å². The van der Waals surface area contributed by atoms with Gasteiger partial charge in [-0.2, -0.15) is 0 Å². The van der Waals surface area contributed by atoms with Crippen molar-refractivity contribution in [2.75, 3.05) is 0 Å². The summed E-state index contributed by atoms with van der Waals surface area (Å²) in [5.74, 6) is 0. The second-order valence-corrected chi connectivity index (χ2v) is 2.04. The van der Waals surface area contributed by atoms with Crippen LogP contribution in [0.4, 0.5) is 0 Å². The third-order valence-corrected chi connectivity index (χ3v) is 1.42. The molecule has 0 atom stereocenters. The van der Waals surface area contributed by atoms with Gasteiger partial charge < -0.3 is 0 Å². The van der Waals surface area contributed by atoms with Crippen molar-refractivity contribution in [2.24, 2.45) is 0 Å². The summed E-state index contributed by atoms with van der Waals surface area (Å²) in [7, 11) is 0. The first-order valence-electron chi connectivity index (χ1n) is 2.07. The van der Waals surface area contributed by atoms with Gasteiger partial charge in [-0.05, 0) is 12.1 Å². The van der Waals surface area contributed by atoms with E-state index in [1.807, 2.05) is 0 Å². The van der Waals surface area contributed by atoms with Crippen LogP contribution in [0, 0.1) is 0 Å². The van der Waals surface area contributed by atoms with Crippen LogP contribution in [-0.2, 0) is 21.1 Å². The largest absolute Gasteiger partial charge is 0.243 e. The maximum Gasteiger partial charge on any atom is 0.147 e. The molecule has 1 aromatic heterocycles. The Labute approximate surface area is 77.6 Å². The molecule has 1 heterocycles. The van der Waals surface area contributed by atoms with E-state index in [9.17, 15) is 0 Å². The summed E-state index contributed by atoms with van der Waals surface area (Å²) >= 11 is 11.0. The average molecular weight is 343 g/mol. The molecule has 4 heteroatoms. The summed E-state index contributed by atoms with van der Waals surface area (Å²) < 4.78 is 0. The van der Waals surface area contributed by atoms with Crippen molar-refractivity contribution in [2.45, 2.75) is 0 Å². The predicted molar refractivity (Wildman–Crippen MR) is 34.3 cm³/mol.